The van der Waals surface area contributed by atoms with Crippen LogP contribution in [0.5, 0.6) is 0 Å². The van der Waals surface area contributed by atoms with Crippen molar-refractivity contribution in [1.29, 1.82) is 0 Å². The molecule has 3 unspecified atom stereocenters. The first-order valence-electron chi connectivity index (χ1n) is 14.5. The number of aromatic nitrogens is 3. The summed E-state index contributed by atoms with van der Waals surface area (Å²) in [6, 6.07) is 27.9. The van der Waals surface area contributed by atoms with Gasteiger partial charge in [0.1, 0.15) is 0 Å². The van der Waals surface area contributed by atoms with Gasteiger partial charge in [-0.15, -0.1) is 10.2 Å². The highest BCUT2D eigenvalue weighted by Gasteiger charge is 2.47. The Morgan fingerprint density at radius 2 is 1.64 bits per heavy atom. The fraction of sp³-hybridized carbons (Fsp3) is 0.333. The second kappa shape index (κ2) is 12.7. The Labute approximate surface area is 255 Å². The molecule has 0 bridgehead atoms. The van der Waals surface area contributed by atoms with Gasteiger partial charge in [0.25, 0.3) is 0 Å². The molecule has 9 heteroatoms. The molecule has 2 aliphatic rings. The topological polar surface area (TPSA) is 71.3 Å². The van der Waals surface area contributed by atoms with Crippen LogP contribution < -0.4 is 0 Å². The van der Waals surface area contributed by atoms with Crippen molar-refractivity contribution in [3.63, 3.8) is 0 Å². The van der Waals surface area contributed by atoms with Gasteiger partial charge < -0.3 is 9.80 Å². The van der Waals surface area contributed by atoms with E-state index >= 15 is 0 Å². The summed E-state index contributed by atoms with van der Waals surface area (Å²) in [5.74, 6) is 2.20. The van der Waals surface area contributed by atoms with E-state index in [0.717, 1.165) is 35.0 Å². The van der Waals surface area contributed by atoms with Crippen LogP contribution in [-0.2, 0) is 9.59 Å². The standard InChI is InChI=1S/C33H34ClN5O2S/c1-23-22-37(18-19-38(23)32(41)28-21-27(28)24-11-4-2-5-12-24)30(40)17-10-20-42-33-36-35-31(26-15-8-9-16-29(26)34)39(33)25-13-6-3-7-14-25/h2-9,11-16,23,27-28H,10,17-22H2,1H3. The Hall–Kier alpha value is -3.62. The summed E-state index contributed by atoms with van der Waals surface area (Å²) in [4.78, 5) is 30.2. The SMILES string of the molecule is CC1CN(C(=O)CCCSc2nnc(-c3ccccc3Cl)n2-c2ccccc2)CCN1C(=O)C1CC1c1ccccc1. The number of nitrogens with zero attached hydrogens (tertiary/aromatic N) is 5. The third-order valence-corrected chi connectivity index (χ3v) is 9.47. The summed E-state index contributed by atoms with van der Waals surface area (Å²) in [6.07, 6.45) is 2.11. The van der Waals surface area contributed by atoms with Crippen molar-refractivity contribution >= 4 is 35.2 Å². The molecule has 42 heavy (non-hydrogen) atoms. The van der Waals surface area contributed by atoms with E-state index in [0.29, 0.717) is 42.8 Å². The number of hydrogen-bond acceptors (Lipinski definition) is 5. The molecule has 0 spiro atoms. The molecule has 3 aromatic carbocycles. The Balaban J connectivity index is 1.02. The summed E-state index contributed by atoms with van der Waals surface area (Å²) < 4.78 is 2.02. The summed E-state index contributed by atoms with van der Waals surface area (Å²) in [7, 11) is 0. The van der Waals surface area contributed by atoms with Crippen LogP contribution in [0.3, 0.4) is 0 Å². The molecule has 1 aromatic heterocycles. The number of benzene rings is 3. The van der Waals surface area contributed by atoms with Gasteiger partial charge in [0.05, 0.1) is 5.02 Å². The Bertz CT molecular complexity index is 1550. The number of halogens is 1. The molecule has 7 nitrogen and oxygen atoms in total. The average molecular weight is 600 g/mol. The smallest absolute Gasteiger partial charge is 0.226 e. The fourth-order valence-electron chi connectivity index (χ4n) is 5.80. The number of hydrogen-bond donors (Lipinski definition) is 0. The van der Waals surface area contributed by atoms with Crippen molar-refractivity contribution in [2.45, 2.75) is 43.3 Å². The molecular weight excluding hydrogens is 566 g/mol. The zero-order chi connectivity index (χ0) is 29.1. The largest absolute Gasteiger partial charge is 0.339 e. The molecule has 2 heterocycles. The quantitative estimate of drug-likeness (QED) is 0.166. The van der Waals surface area contributed by atoms with Gasteiger partial charge >= 0.3 is 0 Å². The zero-order valence-electron chi connectivity index (χ0n) is 23.6. The molecule has 2 amide bonds. The molecule has 216 valence electrons. The molecular formula is C33H34ClN5O2S. The summed E-state index contributed by atoms with van der Waals surface area (Å²) in [5, 5.41) is 10.3. The van der Waals surface area contributed by atoms with Crippen LogP contribution in [0.15, 0.2) is 90.1 Å². The van der Waals surface area contributed by atoms with Crippen molar-refractivity contribution in [1.82, 2.24) is 24.6 Å². The molecule has 1 aliphatic carbocycles. The normalized spacial score (nSPS) is 20.0. The van der Waals surface area contributed by atoms with Crippen molar-refractivity contribution in [3.05, 3.63) is 95.5 Å². The second-order valence-corrected chi connectivity index (χ2v) is 12.5. The molecule has 1 saturated heterocycles. The summed E-state index contributed by atoms with van der Waals surface area (Å²) in [5.41, 5.74) is 3.03. The summed E-state index contributed by atoms with van der Waals surface area (Å²) >= 11 is 8.09. The number of piperazine rings is 1. The fourth-order valence-corrected chi connectivity index (χ4v) is 6.91. The van der Waals surface area contributed by atoms with Crippen molar-refractivity contribution < 1.29 is 9.59 Å². The van der Waals surface area contributed by atoms with Crippen molar-refractivity contribution in [2.75, 3.05) is 25.4 Å². The van der Waals surface area contributed by atoms with Crippen LogP contribution in [-0.4, -0.2) is 67.8 Å². The maximum atomic E-state index is 13.2. The van der Waals surface area contributed by atoms with E-state index in [1.807, 2.05) is 87.2 Å². The first kappa shape index (κ1) is 28.5. The molecule has 0 N–H and O–H groups in total. The highest BCUT2D eigenvalue weighted by molar-refractivity contribution is 7.99. The van der Waals surface area contributed by atoms with Gasteiger partial charge in [0.15, 0.2) is 11.0 Å². The predicted molar refractivity (Wildman–Crippen MR) is 167 cm³/mol. The third-order valence-electron chi connectivity index (χ3n) is 8.13. The first-order chi connectivity index (χ1) is 20.5. The minimum absolute atomic E-state index is 0.0225. The maximum Gasteiger partial charge on any atom is 0.226 e. The lowest BCUT2D eigenvalue weighted by molar-refractivity contribution is -0.143. The van der Waals surface area contributed by atoms with Crippen LogP contribution in [0.1, 0.15) is 37.7 Å². The number of carbonyl (C=O) groups is 2. The van der Waals surface area contributed by atoms with Crippen LogP contribution in [0, 0.1) is 5.92 Å². The van der Waals surface area contributed by atoms with Gasteiger partial charge in [-0.05, 0) is 55.5 Å². The van der Waals surface area contributed by atoms with Crippen LogP contribution in [0.25, 0.3) is 17.1 Å². The molecule has 1 saturated carbocycles. The average Bonchev–Trinajstić information content (AvgIpc) is 3.72. The molecule has 2 fully saturated rings. The molecule has 6 rings (SSSR count). The number of amides is 2. The van der Waals surface area contributed by atoms with E-state index in [9.17, 15) is 9.59 Å². The molecule has 3 atom stereocenters. The minimum atomic E-state index is 0.0225. The van der Waals surface area contributed by atoms with E-state index < -0.39 is 0 Å². The van der Waals surface area contributed by atoms with Crippen LogP contribution in [0.4, 0.5) is 0 Å². The van der Waals surface area contributed by atoms with E-state index in [1.165, 1.54) is 5.56 Å². The lowest BCUT2D eigenvalue weighted by Gasteiger charge is -2.40. The third kappa shape index (κ3) is 6.10. The second-order valence-electron chi connectivity index (χ2n) is 11.0. The van der Waals surface area contributed by atoms with Crippen molar-refractivity contribution in [2.24, 2.45) is 5.92 Å². The number of thioether (sulfide) groups is 1. The van der Waals surface area contributed by atoms with Crippen LogP contribution in [0.2, 0.25) is 5.02 Å². The van der Waals surface area contributed by atoms with Gasteiger partial charge in [-0.25, -0.2) is 0 Å². The number of rotatable bonds is 9. The predicted octanol–water partition coefficient (Wildman–Crippen LogP) is 6.32. The van der Waals surface area contributed by atoms with Gasteiger partial charge in [-0.3, -0.25) is 14.2 Å². The lowest BCUT2D eigenvalue weighted by Crippen LogP contribution is -2.55. The van der Waals surface area contributed by atoms with Gasteiger partial charge in [0.2, 0.25) is 11.8 Å². The first-order valence-corrected chi connectivity index (χ1v) is 15.9. The van der Waals surface area contributed by atoms with E-state index in [-0.39, 0.29) is 23.8 Å². The van der Waals surface area contributed by atoms with Gasteiger partial charge in [0, 0.05) is 55.0 Å². The van der Waals surface area contributed by atoms with Crippen LogP contribution >= 0.6 is 23.4 Å². The van der Waals surface area contributed by atoms with Crippen molar-refractivity contribution in [3.8, 4) is 17.1 Å². The monoisotopic (exact) mass is 599 g/mol. The lowest BCUT2D eigenvalue weighted by atomic mass is 10.1. The van der Waals surface area contributed by atoms with E-state index in [4.69, 9.17) is 11.6 Å². The van der Waals surface area contributed by atoms with Gasteiger partial charge in [-0.1, -0.05) is 84.0 Å². The van der Waals surface area contributed by atoms with Gasteiger partial charge in [-0.2, -0.15) is 0 Å². The Morgan fingerprint density at radius 1 is 0.929 bits per heavy atom. The summed E-state index contributed by atoms with van der Waals surface area (Å²) in [6.45, 7) is 3.84. The highest BCUT2D eigenvalue weighted by Crippen LogP contribution is 2.48. The number of carbonyl (C=O) groups excluding carboxylic acids is 2. The molecule has 4 aromatic rings. The molecule has 1 aliphatic heterocycles. The number of para-hydroxylation sites is 1. The highest BCUT2D eigenvalue weighted by atomic mass is 35.5. The van der Waals surface area contributed by atoms with E-state index in [1.54, 1.807) is 11.8 Å². The zero-order valence-corrected chi connectivity index (χ0v) is 25.2. The minimum Gasteiger partial charge on any atom is -0.339 e. The Morgan fingerprint density at radius 3 is 2.38 bits per heavy atom. The Kier molecular flexibility index (Phi) is 8.63. The van der Waals surface area contributed by atoms with E-state index in [2.05, 4.69) is 29.3 Å². The molecule has 0 radical (unpaired) electrons. The maximum absolute atomic E-state index is 13.2.